The summed E-state index contributed by atoms with van der Waals surface area (Å²) in [6, 6.07) is 18.2. The molecule has 218 valence electrons. The van der Waals surface area contributed by atoms with Gasteiger partial charge in [-0.3, -0.25) is 4.99 Å². The molecule has 1 saturated carbocycles. The zero-order valence-electron chi connectivity index (χ0n) is 26.5. The van der Waals surface area contributed by atoms with Gasteiger partial charge in [-0.25, -0.2) is 4.98 Å². The van der Waals surface area contributed by atoms with Gasteiger partial charge in [-0.05, 0) is 60.1 Å². The highest BCUT2D eigenvalue weighted by Crippen LogP contribution is 2.34. The number of allylic oxidation sites excluding steroid dienone is 1. The molecule has 4 heteroatoms. The Labute approximate surface area is 244 Å². The highest BCUT2D eigenvalue weighted by molar-refractivity contribution is 6.01. The van der Waals surface area contributed by atoms with Crippen LogP contribution in [0.25, 0.3) is 28.0 Å². The molecule has 1 aliphatic carbocycles. The molecule has 3 aliphatic rings. The normalized spacial score (nSPS) is 17.6. The maximum Gasteiger partial charge on any atom is 0.109 e. The summed E-state index contributed by atoms with van der Waals surface area (Å²) in [7, 11) is 0. The van der Waals surface area contributed by atoms with Crippen molar-refractivity contribution < 1.29 is 0 Å². The van der Waals surface area contributed by atoms with E-state index in [4.69, 9.17) is 4.99 Å². The third kappa shape index (κ3) is 8.51. The quantitative estimate of drug-likeness (QED) is 0.337. The molecule has 2 fully saturated rings. The van der Waals surface area contributed by atoms with E-state index in [-0.39, 0.29) is 0 Å². The van der Waals surface area contributed by atoms with Crippen molar-refractivity contribution in [3.63, 3.8) is 0 Å². The first-order chi connectivity index (χ1) is 19.8. The summed E-state index contributed by atoms with van der Waals surface area (Å²) >= 11 is 0. The predicted molar refractivity (Wildman–Crippen MR) is 177 cm³/mol. The average Bonchev–Trinajstić information content (AvgIpc) is 3.88. The van der Waals surface area contributed by atoms with Crippen LogP contribution in [0.15, 0.2) is 65.9 Å². The highest BCUT2D eigenvalue weighted by atomic mass is 15.0. The third-order valence-electron chi connectivity index (χ3n) is 7.34. The molecule has 3 heterocycles. The first kappa shape index (κ1) is 33.2. The Kier molecular flexibility index (Phi) is 15.3. The smallest absolute Gasteiger partial charge is 0.109 e. The second kappa shape index (κ2) is 18.4. The van der Waals surface area contributed by atoms with Crippen LogP contribution in [0.5, 0.6) is 0 Å². The number of aromatic nitrogens is 2. The van der Waals surface area contributed by atoms with E-state index in [1.165, 1.54) is 72.1 Å². The molecule has 2 aromatic carbocycles. The molecule has 0 bridgehead atoms. The van der Waals surface area contributed by atoms with Gasteiger partial charge < -0.3 is 10.3 Å². The molecule has 0 amide bonds. The van der Waals surface area contributed by atoms with Gasteiger partial charge in [0.25, 0.3) is 0 Å². The van der Waals surface area contributed by atoms with E-state index in [2.05, 4.69) is 70.0 Å². The van der Waals surface area contributed by atoms with Gasteiger partial charge in [0.05, 0.1) is 11.9 Å². The minimum absolute atomic E-state index is 0.477. The largest absolute Gasteiger partial charge is 0.342 e. The lowest BCUT2D eigenvalue weighted by Crippen LogP contribution is -2.29. The number of H-pyrrole nitrogens is 1. The molecule has 0 spiro atoms. The summed E-state index contributed by atoms with van der Waals surface area (Å²) in [4.78, 5) is 12.9. The summed E-state index contributed by atoms with van der Waals surface area (Å²) in [6.07, 6.45) is 12.7. The van der Waals surface area contributed by atoms with Crippen molar-refractivity contribution in [1.82, 2.24) is 15.3 Å². The van der Waals surface area contributed by atoms with Gasteiger partial charge in [0.15, 0.2) is 0 Å². The Morgan fingerprint density at radius 1 is 0.650 bits per heavy atom. The van der Waals surface area contributed by atoms with E-state index < -0.39 is 0 Å². The summed E-state index contributed by atoms with van der Waals surface area (Å²) in [6.45, 7) is 17.1. The number of benzene rings is 2. The Morgan fingerprint density at radius 2 is 1.20 bits per heavy atom. The van der Waals surface area contributed by atoms with Gasteiger partial charge >= 0.3 is 0 Å². The van der Waals surface area contributed by atoms with Crippen LogP contribution < -0.4 is 5.32 Å². The average molecular weight is 543 g/mol. The van der Waals surface area contributed by atoms with Crippen LogP contribution in [-0.4, -0.2) is 28.3 Å². The van der Waals surface area contributed by atoms with E-state index in [1.54, 1.807) is 0 Å². The van der Waals surface area contributed by atoms with Crippen molar-refractivity contribution in [3.05, 3.63) is 72.3 Å². The van der Waals surface area contributed by atoms with Crippen LogP contribution >= 0.6 is 0 Å². The number of aliphatic imine (C=N–C) groups is 1. The monoisotopic (exact) mass is 542 g/mol. The molecule has 3 aromatic rings. The van der Waals surface area contributed by atoms with Crippen LogP contribution in [0.3, 0.4) is 0 Å². The lowest BCUT2D eigenvalue weighted by atomic mass is 9.96. The second-order valence-corrected chi connectivity index (χ2v) is 9.42. The predicted octanol–water partition coefficient (Wildman–Crippen LogP) is 10.4. The topological polar surface area (TPSA) is 53.1 Å². The maximum atomic E-state index is 4.71. The van der Waals surface area contributed by atoms with Gasteiger partial charge in [-0.2, -0.15) is 0 Å². The lowest BCUT2D eigenvalue weighted by molar-refractivity contribution is 0.679. The van der Waals surface area contributed by atoms with Crippen LogP contribution in [0.1, 0.15) is 118 Å². The van der Waals surface area contributed by atoms with Gasteiger partial charge in [-0.15, -0.1) is 0 Å². The van der Waals surface area contributed by atoms with Gasteiger partial charge in [-0.1, -0.05) is 117 Å². The molecular formula is C36H54N4. The van der Waals surface area contributed by atoms with Crippen LogP contribution in [0.4, 0.5) is 0 Å². The SMILES string of the molecule is C1=C(c2ccc(-c3ccc(-c4cnc(C5CCCC5)[nH]4)cc3)cc2)CC(C2CCCN2)=N1.CC.CC.CC.CC. The molecule has 6 rings (SSSR count). The Bertz CT molecular complexity index is 1140. The van der Waals surface area contributed by atoms with Crippen molar-refractivity contribution in [2.75, 3.05) is 6.54 Å². The Morgan fingerprint density at radius 3 is 1.75 bits per heavy atom. The zero-order valence-corrected chi connectivity index (χ0v) is 26.5. The van der Waals surface area contributed by atoms with Crippen molar-refractivity contribution in [2.45, 2.75) is 112 Å². The fourth-order valence-corrected chi connectivity index (χ4v) is 5.42. The highest BCUT2D eigenvalue weighted by Gasteiger charge is 2.24. The molecule has 2 aliphatic heterocycles. The molecule has 4 nitrogen and oxygen atoms in total. The number of nitrogens with one attached hydrogen (secondary N) is 2. The van der Waals surface area contributed by atoms with Gasteiger partial charge in [0, 0.05) is 30.3 Å². The molecule has 0 radical (unpaired) electrons. The van der Waals surface area contributed by atoms with Crippen molar-refractivity contribution in [3.8, 4) is 22.4 Å². The van der Waals surface area contributed by atoms with Crippen LogP contribution in [-0.2, 0) is 0 Å². The van der Waals surface area contributed by atoms with Crippen LogP contribution in [0, 0.1) is 0 Å². The molecular weight excluding hydrogens is 488 g/mol. The first-order valence-corrected chi connectivity index (χ1v) is 16.1. The number of nitrogens with zero attached hydrogens (tertiary/aromatic N) is 2. The maximum absolute atomic E-state index is 4.71. The summed E-state index contributed by atoms with van der Waals surface area (Å²) < 4.78 is 0. The number of hydrogen-bond donors (Lipinski definition) is 2. The molecule has 1 unspecified atom stereocenters. The molecule has 40 heavy (non-hydrogen) atoms. The van der Waals surface area contributed by atoms with E-state index >= 15 is 0 Å². The number of rotatable bonds is 5. The Hall–Kier alpha value is -2.98. The van der Waals surface area contributed by atoms with Crippen molar-refractivity contribution in [2.24, 2.45) is 4.99 Å². The first-order valence-electron chi connectivity index (χ1n) is 16.1. The van der Waals surface area contributed by atoms with E-state index in [0.717, 1.165) is 24.5 Å². The van der Waals surface area contributed by atoms with E-state index in [9.17, 15) is 0 Å². The summed E-state index contributed by atoms with van der Waals surface area (Å²) in [5.41, 5.74) is 8.70. The molecule has 1 aromatic heterocycles. The number of hydrogen-bond acceptors (Lipinski definition) is 3. The van der Waals surface area contributed by atoms with Crippen molar-refractivity contribution >= 4 is 11.3 Å². The Balaban J connectivity index is 0.000000646. The minimum Gasteiger partial charge on any atom is -0.342 e. The number of aromatic amines is 1. The molecule has 2 N–H and O–H groups in total. The van der Waals surface area contributed by atoms with Crippen molar-refractivity contribution in [1.29, 1.82) is 0 Å². The zero-order chi connectivity index (χ0) is 29.3. The van der Waals surface area contributed by atoms with Gasteiger partial charge in [0.1, 0.15) is 5.82 Å². The van der Waals surface area contributed by atoms with Gasteiger partial charge in [0.2, 0.25) is 0 Å². The standard InChI is InChI=1S/C28H30N4.4C2H6/c1-2-5-23(4-1)28-31-18-27(32-28)22-13-11-20(12-14-22)19-7-9-21(10-8-19)24-16-26(30-17-24)25-6-3-15-29-25;4*1-2/h7-14,17-18,23,25,29H,1-6,15-16H2,(H,31,32);4*1-2H3. The summed E-state index contributed by atoms with van der Waals surface area (Å²) in [5, 5.41) is 3.56. The van der Waals surface area contributed by atoms with Crippen LogP contribution in [0.2, 0.25) is 0 Å². The molecule has 1 saturated heterocycles. The fraction of sp³-hybridized carbons (Fsp3) is 0.500. The second-order valence-electron chi connectivity index (χ2n) is 9.42. The fourth-order valence-electron chi connectivity index (χ4n) is 5.42. The minimum atomic E-state index is 0.477. The third-order valence-corrected chi connectivity index (χ3v) is 7.34. The summed E-state index contributed by atoms with van der Waals surface area (Å²) in [5.74, 6) is 1.78. The number of imidazole rings is 1. The lowest BCUT2D eigenvalue weighted by Gasteiger charge is -2.11. The molecule has 1 atom stereocenters. The van der Waals surface area contributed by atoms with E-state index in [1.807, 2.05) is 61.6 Å². The van der Waals surface area contributed by atoms with E-state index in [0.29, 0.717) is 12.0 Å².